The van der Waals surface area contributed by atoms with Crippen LogP contribution >= 0.6 is 15.6 Å². The highest BCUT2D eigenvalue weighted by Crippen LogP contribution is 2.45. The lowest BCUT2D eigenvalue weighted by molar-refractivity contribution is -0.161. The van der Waals surface area contributed by atoms with Gasteiger partial charge in [0.25, 0.3) is 0 Å². The summed E-state index contributed by atoms with van der Waals surface area (Å²) >= 11 is 0. The van der Waals surface area contributed by atoms with Gasteiger partial charge in [-0.1, -0.05) is 298 Å². The average Bonchev–Trinajstić information content (AvgIpc) is 3.61. The first-order valence-electron chi connectivity index (χ1n) is 36.1. The van der Waals surface area contributed by atoms with Crippen LogP contribution in [0.25, 0.3) is 0 Å². The highest BCUT2D eigenvalue weighted by Gasteiger charge is 2.30. The van der Waals surface area contributed by atoms with Gasteiger partial charge in [-0.3, -0.25) is 37.3 Å². The molecule has 0 aromatic carbocycles. The maximum atomic E-state index is 13.0. The molecule has 0 heterocycles. The minimum Gasteiger partial charge on any atom is -0.462 e. The lowest BCUT2D eigenvalue weighted by atomic mass is 9.99. The molecule has 0 aromatic rings. The van der Waals surface area contributed by atoms with E-state index >= 15 is 0 Å². The van der Waals surface area contributed by atoms with E-state index < -0.39 is 97.5 Å². The number of ether oxygens (including phenoxy) is 4. The van der Waals surface area contributed by atoms with Crippen molar-refractivity contribution in [2.75, 3.05) is 39.6 Å². The van der Waals surface area contributed by atoms with Gasteiger partial charge >= 0.3 is 39.5 Å². The van der Waals surface area contributed by atoms with Crippen LogP contribution in [0.3, 0.4) is 0 Å². The second-order valence-electron chi connectivity index (χ2n) is 25.4. The molecule has 0 aliphatic heterocycles. The maximum absolute atomic E-state index is 13.0. The number of aliphatic hydroxyl groups excluding tert-OH is 1. The van der Waals surface area contributed by atoms with E-state index in [2.05, 4.69) is 41.5 Å². The number of hydrogen-bond donors (Lipinski definition) is 3. The number of esters is 4. The molecule has 0 aromatic heterocycles. The highest BCUT2D eigenvalue weighted by molar-refractivity contribution is 7.47. The Labute approximate surface area is 537 Å². The summed E-state index contributed by atoms with van der Waals surface area (Å²) in [5.41, 5.74) is 0. The topological polar surface area (TPSA) is 237 Å². The molecule has 0 bridgehead atoms. The molecule has 0 radical (unpaired) electrons. The Morgan fingerprint density at radius 2 is 0.545 bits per heavy atom. The Hall–Kier alpha value is -1.94. The molecule has 0 saturated carbocycles. The monoisotopic (exact) mass is 1300 g/mol. The van der Waals surface area contributed by atoms with Crippen molar-refractivity contribution in [3.63, 3.8) is 0 Å². The van der Waals surface area contributed by atoms with Gasteiger partial charge in [-0.25, -0.2) is 9.13 Å². The number of rotatable bonds is 68. The van der Waals surface area contributed by atoms with Crippen molar-refractivity contribution < 1.29 is 80.2 Å². The predicted octanol–water partition coefficient (Wildman–Crippen LogP) is 19.6. The van der Waals surface area contributed by atoms with Crippen LogP contribution in [0.5, 0.6) is 0 Å². The predicted molar refractivity (Wildman–Crippen MR) is 354 cm³/mol. The van der Waals surface area contributed by atoms with Crippen molar-refractivity contribution in [2.24, 2.45) is 11.8 Å². The van der Waals surface area contributed by atoms with Crippen LogP contribution in [0.4, 0.5) is 0 Å². The summed E-state index contributed by atoms with van der Waals surface area (Å²) in [6.07, 6.45) is 45.8. The molecule has 0 aliphatic carbocycles. The zero-order chi connectivity index (χ0) is 65.0. The van der Waals surface area contributed by atoms with Crippen molar-refractivity contribution in [3.05, 3.63) is 0 Å². The lowest BCUT2D eigenvalue weighted by Crippen LogP contribution is -2.30. The second-order valence-corrected chi connectivity index (χ2v) is 28.3. The molecule has 0 rings (SSSR count). The quantitative estimate of drug-likeness (QED) is 0.0222. The second kappa shape index (κ2) is 61.3. The van der Waals surface area contributed by atoms with Crippen molar-refractivity contribution in [2.45, 2.75) is 368 Å². The van der Waals surface area contributed by atoms with E-state index in [1.807, 2.05) is 0 Å². The van der Waals surface area contributed by atoms with Gasteiger partial charge in [-0.05, 0) is 37.5 Å². The van der Waals surface area contributed by atoms with E-state index in [1.54, 1.807) is 0 Å². The van der Waals surface area contributed by atoms with E-state index in [4.69, 9.17) is 37.0 Å². The number of carbonyl (C=O) groups is 4. The number of phosphoric acid groups is 2. The Bertz CT molecular complexity index is 1720. The first-order chi connectivity index (χ1) is 42.4. The summed E-state index contributed by atoms with van der Waals surface area (Å²) in [7, 11) is -9.89. The van der Waals surface area contributed by atoms with Gasteiger partial charge in [0.2, 0.25) is 0 Å². The van der Waals surface area contributed by atoms with Crippen LogP contribution in [-0.4, -0.2) is 96.7 Å². The highest BCUT2D eigenvalue weighted by atomic mass is 31.2. The molecule has 0 fully saturated rings. The van der Waals surface area contributed by atoms with E-state index in [0.717, 1.165) is 115 Å². The maximum Gasteiger partial charge on any atom is 0.472 e. The Morgan fingerprint density at radius 1 is 0.318 bits per heavy atom. The average molecular weight is 1300 g/mol. The minimum absolute atomic E-state index is 0.105. The molecule has 3 N–H and O–H groups in total. The summed E-state index contributed by atoms with van der Waals surface area (Å²) < 4.78 is 68.1. The van der Waals surface area contributed by atoms with Crippen LogP contribution < -0.4 is 0 Å². The van der Waals surface area contributed by atoms with Gasteiger partial charge in [0.1, 0.15) is 19.3 Å². The molecule has 17 nitrogen and oxygen atoms in total. The Morgan fingerprint density at radius 3 is 0.807 bits per heavy atom. The molecule has 19 heteroatoms. The molecule has 88 heavy (non-hydrogen) atoms. The third kappa shape index (κ3) is 60.3. The largest absolute Gasteiger partial charge is 0.472 e. The fourth-order valence-corrected chi connectivity index (χ4v) is 11.9. The molecule has 0 saturated heterocycles. The Kier molecular flexibility index (Phi) is 59.9. The van der Waals surface area contributed by atoms with Crippen LogP contribution in [0.15, 0.2) is 0 Å². The zero-order valence-electron chi connectivity index (χ0n) is 57.0. The number of hydrogen-bond acceptors (Lipinski definition) is 15. The van der Waals surface area contributed by atoms with Crippen LogP contribution in [0.2, 0.25) is 0 Å². The standard InChI is InChI=1S/C69H134O17P2/c1-7-11-13-15-17-33-39-45-51-66(71)79-57-64(85-68(73)53-47-41-34-18-16-14-12-8-2)59-83-87(75,76)81-55-63(70)56-82-88(77,78)84-60-65(58-80-67(72)52-46-40-35-29-26-25-28-32-38-44-50-62(6)10-4)86-69(74)54-48-42-36-30-24-22-20-19-21-23-27-31-37-43-49-61(5)9-3/h61-65,70H,7-60H2,1-6H3,(H,75,76)(H,77,78)/t61?,62?,63-,64+,65+/m0/s1. The summed E-state index contributed by atoms with van der Waals surface area (Å²) in [5.74, 6) is -0.475. The molecule has 0 aliphatic rings. The fourth-order valence-electron chi connectivity index (χ4n) is 10.4. The SMILES string of the molecule is CCCCCCCCCCC(=O)OC[C@H](COP(=O)(O)OC[C@H](O)COP(=O)(O)OC[C@@H](COC(=O)CCCCCCCCCCCCC(C)CC)OC(=O)CCCCCCCCCCCCCCCCC(C)CC)OC(=O)CCCCCCCCCC. The molecular formula is C69H134O17P2. The van der Waals surface area contributed by atoms with Gasteiger partial charge in [0.05, 0.1) is 26.4 Å². The number of aliphatic hydroxyl groups is 1. The van der Waals surface area contributed by atoms with Crippen LogP contribution in [0, 0.1) is 11.8 Å². The molecule has 522 valence electrons. The first-order valence-corrected chi connectivity index (χ1v) is 39.1. The Balaban J connectivity index is 5.19. The summed E-state index contributed by atoms with van der Waals surface area (Å²) in [6, 6.07) is 0. The van der Waals surface area contributed by atoms with Gasteiger partial charge in [0.15, 0.2) is 12.2 Å². The number of carbonyl (C=O) groups excluding carboxylic acids is 4. The minimum atomic E-state index is -4.95. The van der Waals surface area contributed by atoms with Crippen molar-refractivity contribution in [1.82, 2.24) is 0 Å². The third-order valence-corrected chi connectivity index (χ3v) is 18.6. The lowest BCUT2D eigenvalue weighted by Gasteiger charge is -2.21. The van der Waals surface area contributed by atoms with Crippen LogP contribution in [-0.2, 0) is 65.4 Å². The van der Waals surface area contributed by atoms with Gasteiger partial charge < -0.3 is 33.8 Å². The third-order valence-electron chi connectivity index (χ3n) is 16.7. The van der Waals surface area contributed by atoms with E-state index in [0.29, 0.717) is 25.7 Å². The fraction of sp³-hybridized carbons (Fsp3) is 0.942. The van der Waals surface area contributed by atoms with Crippen molar-refractivity contribution >= 4 is 39.5 Å². The molecule has 4 unspecified atom stereocenters. The molecule has 0 amide bonds. The van der Waals surface area contributed by atoms with Crippen LogP contribution in [0.1, 0.15) is 350 Å². The summed E-state index contributed by atoms with van der Waals surface area (Å²) in [5, 5.41) is 10.6. The van der Waals surface area contributed by atoms with Crippen molar-refractivity contribution in [3.8, 4) is 0 Å². The van der Waals surface area contributed by atoms with E-state index in [9.17, 15) is 43.2 Å². The van der Waals surface area contributed by atoms with E-state index in [-0.39, 0.29) is 25.7 Å². The van der Waals surface area contributed by atoms with Gasteiger partial charge in [-0.15, -0.1) is 0 Å². The summed E-state index contributed by atoms with van der Waals surface area (Å²) in [6.45, 7) is 9.57. The van der Waals surface area contributed by atoms with E-state index in [1.165, 1.54) is 154 Å². The molecular weight excluding hydrogens is 1160 g/mol. The van der Waals surface area contributed by atoms with Gasteiger partial charge in [0, 0.05) is 25.7 Å². The summed E-state index contributed by atoms with van der Waals surface area (Å²) in [4.78, 5) is 72.3. The van der Waals surface area contributed by atoms with Crippen molar-refractivity contribution in [1.29, 1.82) is 0 Å². The molecule has 0 spiro atoms. The zero-order valence-corrected chi connectivity index (χ0v) is 58.8. The smallest absolute Gasteiger partial charge is 0.462 e. The number of unbranched alkanes of at least 4 members (excludes halogenated alkanes) is 36. The molecule has 7 atom stereocenters. The first kappa shape index (κ1) is 86.1. The number of phosphoric ester groups is 2. The van der Waals surface area contributed by atoms with Gasteiger partial charge in [-0.2, -0.15) is 0 Å². The normalized spacial score (nSPS) is 14.8.